The molecular formula is C11H12F3NO2. The van der Waals surface area contributed by atoms with Crippen LogP contribution in [0.1, 0.15) is 12.0 Å². The lowest BCUT2D eigenvalue weighted by molar-refractivity contribution is 0.172. The van der Waals surface area contributed by atoms with E-state index in [4.69, 9.17) is 5.41 Å². The van der Waals surface area contributed by atoms with Crippen LogP contribution in [0, 0.1) is 22.9 Å². The maximum absolute atomic E-state index is 13.2. The maximum Gasteiger partial charge on any atom is 0.182 e. The van der Waals surface area contributed by atoms with Crippen LogP contribution in [0.25, 0.3) is 0 Å². The van der Waals surface area contributed by atoms with Crippen LogP contribution in [0.15, 0.2) is 12.1 Å². The van der Waals surface area contributed by atoms with Crippen molar-refractivity contribution in [2.75, 3.05) is 7.11 Å². The van der Waals surface area contributed by atoms with Gasteiger partial charge in [0.15, 0.2) is 17.5 Å². The van der Waals surface area contributed by atoms with Gasteiger partial charge in [-0.2, -0.15) is 0 Å². The van der Waals surface area contributed by atoms with E-state index in [1.54, 1.807) is 0 Å². The van der Waals surface area contributed by atoms with Gasteiger partial charge in [-0.3, -0.25) is 5.41 Å². The number of aliphatic hydroxyl groups is 1. The molecule has 6 heteroatoms. The molecule has 0 aliphatic heterocycles. The van der Waals surface area contributed by atoms with Crippen molar-refractivity contribution in [3.8, 4) is 0 Å². The lowest BCUT2D eigenvalue weighted by atomic mass is 10.0. The summed E-state index contributed by atoms with van der Waals surface area (Å²) in [6, 6.07) is 1.13. The molecule has 2 N–H and O–H groups in total. The maximum atomic E-state index is 13.2. The van der Waals surface area contributed by atoms with E-state index in [0.29, 0.717) is 12.1 Å². The van der Waals surface area contributed by atoms with Crippen molar-refractivity contribution in [2.24, 2.45) is 0 Å². The fraction of sp³-hybridized carbons (Fsp3) is 0.364. The highest BCUT2D eigenvalue weighted by molar-refractivity contribution is 5.72. The molecule has 0 amide bonds. The third-order valence-corrected chi connectivity index (χ3v) is 2.21. The van der Waals surface area contributed by atoms with Gasteiger partial charge in [0, 0.05) is 18.9 Å². The molecule has 0 aliphatic rings. The van der Waals surface area contributed by atoms with Gasteiger partial charge in [0.05, 0.1) is 13.2 Å². The first-order chi connectivity index (χ1) is 7.93. The monoisotopic (exact) mass is 247 g/mol. The van der Waals surface area contributed by atoms with E-state index in [0.717, 1.165) is 0 Å². The zero-order valence-electron chi connectivity index (χ0n) is 9.14. The standard InChI is InChI=1S/C11H12F3NO2/c1-17-11(15)4-7(16)2-6-3-9(13)10(14)5-8(6)12/h3,5,7,15-16H,2,4H2,1H3/t7-/m0/s1. The zero-order valence-corrected chi connectivity index (χ0v) is 9.14. The Morgan fingerprint density at radius 3 is 2.47 bits per heavy atom. The molecule has 0 saturated heterocycles. The molecule has 0 saturated carbocycles. The SMILES string of the molecule is COC(=N)C[C@@H](O)Cc1cc(F)c(F)cc1F. The highest BCUT2D eigenvalue weighted by Crippen LogP contribution is 2.16. The molecule has 0 unspecified atom stereocenters. The number of hydrogen-bond acceptors (Lipinski definition) is 3. The van der Waals surface area contributed by atoms with Crippen LogP contribution >= 0.6 is 0 Å². The van der Waals surface area contributed by atoms with Crippen LogP contribution in [0.3, 0.4) is 0 Å². The van der Waals surface area contributed by atoms with E-state index >= 15 is 0 Å². The highest BCUT2D eigenvalue weighted by atomic mass is 19.2. The Labute approximate surface area is 96.3 Å². The molecule has 3 nitrogen and oxygen atoms in total. The molecule has 0 bridgehead atoms. The number of rotatable bonds is 4. The van der Waals surface area contributed by atoms with E-state index in [-0.39, 0.29) is 24.3 Å². The van der Waals surface area contributed by atoms with Crippen LogP contribution in [0.2, 0.25) is 0 Å². The predicted octanol–water partition coefficient (Wildman–Crippen LogP) is 2.02. The average Bonchev–Trinajstić information content (AvgIpc) is 2.25. The molecule has 1 rings (SSSR count). The van der Waals surface area contributed by atoms with E-state index in [1.807, 2.05) is 0 Å². The fourth-order valence-electron chi connectivity index (χ4n) is 1.34. The molecule has 0 spiro atoms. The van der Waals surface area contributed by atoms with Crippen molar-refractivity contribution in [2.45, 2.75) is 18.9 Å². The number of aliphatic hydroxyl groups excluding tert-OH is 1. The Kier molecular flexibility index (Phi) is 4.51. The van der Waals surface area contributed by atoms with Gasteiger partial charge in [-0.1, -0.05) is 0 Å². The largest absolute Gasteiger partial charge is 0.484 e. The molecule has 0 fully saturated rings. The van der Waals surface area contributed by atoms with Crippen LogP contribution in [0.4, 0.5) is 13.2 Å². The Hall–Kier alpha value is -1.56. The molecule has 17 heavy (non-hydrogen) atoms. The van der Waals surface area contributed by atoms with E-state index in [9.17, 15) is 18.3 Å². The van der Waals surface area contributed by atoms with Gasteiger partial charge in [0.25, 0.3) is 0 Å². The predicted molar refractivity (Wildman–Crippen MR) is 55.4 cm³/mol. The average molecular weight is 247 g/mol. The highest BCUT2D eigenvalue weighted by Gasteiger charge is 2.15. The number of methoxy groups -OCH3 is 1. The minimum Gasteiger partial charge on any atom is -0.484 e. The first-order valence-electron chi connectivity index (χ1n) is 4.87. The van der Waals surface area contributed by atoms with Crippen LogP contribution in [0.5, 0.6) is 0 Å². The summed E-state index contributed by atoms with van der Waals surface area (Å²) in [5, 5.41) is 16.6. The number of nitrogens with one attached hydrogen (secondary N) is 1. The van der Waals surface area contributed by atoms with Gasteiger partial charge in [-0.15, -0.1) is 0 Å². The van der Waals surface area contributed by atoms with Crippen molar-refractivity contribution in [1.82, 2.24) is 0 Å². The number of hydrogen-bond donors (Lipinski definition) is 2. The quantitative estimate of drug-likeness (QED) is 0.486. The summed E-state index contributed by atoms with van der Waals surface area (Å²) in [6.45, 7) is 0. The second kappa shape index (κ2) is 5.67. The van der Waals surface area contributed by atoms with Gasteiger partial charge in [0.1, 0.15) is 5.82 Å². The third kappa shape index (κ3) is 3.74. The number of benzene rings is 1. The molecule has 1 atom stereocenters. The molecule has 1 aromatic rings. The summed E-state index contributed by atoms with van der Waals surface area (Å²) < 4.78 is 43.2. The smallest absolute Gasteiger partial charge is 0.182 e. The fourth-order valence-corrected chi connectivity index (χ4v) is 1.34. The van der Waals surface area contributed by atoms with Crippen molar-refractivity contribution >= 4 is 5.90 Å². The van der Waals surface area contributed by atoms with Crippen molar-refractivity contribution in [3.05, 3.63) is 35.1 Å². The number of ether oxygens (including phenoxy) is 1. The Morgan fingerprint density at radius 1 is 1.29 bits per heavy atom. The zero-order chi connectivity index (χ0) is 13.0. The summed E-state index contributed by atoms with van der Waals surface area (Å²) in [7, 11) is 1.27. The molecule has 0 aliphatic carbocycles. The summed E-state index contributed by atoms with van der Waals surface area (Å²) in [4.78, 5) is 0. The van der Waals surface area contributed by atoms with Gasteiger partial charge in [0.2, 0.25) is 0 Å². The van der Waals surface area contributed by atoms with Gasteiger partial charge in [-0.25, -0.2) is 13.2 Å². The van der Waals surface area contributed by atoms with Gasteiger partial charge < -0.3 is 9.84 Å². The Bertz CT molecular complexity index is 423. The van der Waals surface area contributed by atoms with E-state index < -0.39 is 23.6 Å². The van der Waals surface area contributed by atoms with Crippen molar-refractivity contribution in [1.29, 1.82) is 5.41 Å². The van der Waals surface area contributed by atoms with E-state index in [2.05, 4.69) is 4.74 Å². The minimum atomic E-state index is -1.27. The van der Waals surface area contributed by atoms with Gasteiger partial charge >= 0.3 is 0 Å². The molecule has 0 aromatic heterocycles. The molecule has 1 aromatic carbocycles. The van der Waals surface area contributed by atoms with Crippen LogP contribution < -0.4 is 0 Å². The molecule has 94 valence electrons. The molecule has 0 heterocycles. The number of halogens is 3. The summed E-state index contributed by atoms with van der Waals surface area (Å²) in [5.41, 5.74) is -0.139. The summed E-state index contributed by atoms with van der Waals surface area (Å²) in [6.07, 6.45) is -1.41. The molecular weight excluding hydrogens is 235 g/mol. The first-order valence-corrected chi connectivity index (χ1v) is 4.87. The second-order valence-electron chi connectivity index (χ2n) is 3.55. The van der Waals surface area contributed by atoms with Crippen LogP contribution in [-0.4, -0.2) is 24.2 Å². The Balaban J connectivity index is 2.74. The first kappa shape index (κ1) is 13.5. The summed E-state index contributed by atoms with van der Waals surface area (Å²) >= 11 is 0. The van der Waals surface area contributed by atoms with Crippen molar-refractivity contribution < 1.29 is 23.0 Å². The normalized spacial score (nSPS) is 12.3. The van der Waals surface area contributed by atoms with E-state index in [1.165, 1.54) is 7.11 Å². The third-order valence-electron chi connectivity index (χ3n) is 2.21. The van der Waals surface area contributed by atoms with Crippen molar-refractivity contribution in [3.63, 3.8) is 0 Å². The van der Waals surface area contributed by atoms with Crippen LogP contribution in [-0.2, 0) is 11.2 Å². The lowest BCUT2D eigenvalue weighted by Gasteiger charge is -2.11. The topological polar surface area (TPSA) is 53.3 Å². The van der Waals surface area contributed by atoms with Gasteiger partial charge in [-0.05, 0) is 11.6 Å². The Morgan fingerprint density at radius 2 is 1.88 bits per heavy atom. The lowest BCUT2D eigenvalue weighted by Crippen LogP contribution is -2.17. The minimum absolute atomic E-state index is 0.116. The molecule has 0 radical (unpaired) electrons. The second-order valence-corrected chi connectivity index (χ2v) is 3.55. The summed E-state index contributed by atoms with van der Waals surface area (Å²) in [5.74, 6) is -3.53.